The van der Waals surface area contributed by atoms with E-state index in [2.05, 4.69) is 0 Å². The summed E-state index contributed by atoms with van der Waals surface area (Å²) < 4.78 is 10.3. The number of ether oxygens (including phenoxy) is 2. The molecule has 0 aliphatic heterocycles. The quantitative estimate of drug-likeness (QED) is 0.740. The zero-order valence-corrected chi connectivity index (χ0v) is 9.27. The van der Waals surface area contributed by atoms with Gasteiger partial charge in [-0.25, -0.2) is 4.79 Å². The molecule has 0 bridgehead atoms. The fourth-order valence-electron chi connectivity index (χ4n) is 1.30. The zero-order chi connectivity index (χ0) is 12.1. The average Bonchev–Trinajstić information content (AvgIpc) is 2.17. The van der Waals surface area contributed by atoms with E-state index in [1.54, 1.807) is 14.0 Å². The normalized spacial score (nSPS) is 12.1. The number of rotatable bonds is 5. The van der Waals surface area contributed by atoms with Crippen LogP contribution in [0.25, 0.3) is 0 Å². The first kappa shape index (κ1) is 12.3. The molecular formula is C11H15NO4. The number of nitrogen functional groups attached to an aromatic ring is 1. The highest BCUT2D eigenvalue weighted by molar-refractivity contribution is 5.91. The number of hydrogen-bond acceptors (Lipinski definition) is 4. The Labute approximate surface area is 93.8 Å². The molecule has 5 nitrogen and oxygen atoms in total. The molecule has 1 rings (SSSR count). The van der Waals surface area contributed by atoms with Crippen LogP contribution in [0.4, 0.5) is 5.69 Å². The molecule has 0 fully saturated rings. The third kappa shape index (κ3) is 3.13. The van der Waals surface area contributed by atoms with E-state index >= 15 is 0 Å². The van der Waals surface area contributed by atoms with Gasteiger partial charge in [-0.05, 0) is 19.1 Å². The Balaban J connectivity index is 2.92. The summed E-state index contributed by atoms with van der Waals surface area (Å²) in [6.07, 6.45) is -0.232. The number of anilines is 1. The fourth-order valence-corrected chi connectivity index (χ4v) is 1.30. The Morgan fingerprint density at radius 1 is 1.56 bits per heavy atom. The standard InChI is InChI=1S/C11H15NO4/c1-7(6-15-2)16-10-5-8(12)3-4-9(10)11(13)14/h3-5,7H,6,12H2,1-2H3,(H,13,14). The monoisotopic (exact) mass is 225 g/mol. The van der Waals surface area contributed by atoms with Crippen LogP contribution in [0.1, 0.15) is 17.3 Å². The second kappa shape index (κ2) is 5.37. The SMILES string of the molecule is COCC(C)Oc1cc(N)ccc1C(=O)O. The summed E-state index contributed by atoms with van der Waals surface area (Å²) in [5, 5.41) is 8.95. The molecule has 0 spiro atoms. The van der Waals surface area contributed by atoms with Gasteiger partial charge in [0.15, 0.2) is 0 Å². The molecule has 0 heterocycles. The van der Waals surface area contributed by atoms with Crippen molar-refractivity contribution in [2.75, 3.05) is 19.5 Å². The van der Waals surface area contributed by atoms with Gasteiger partial charge in [0.2, 0.25) is 0 Å². The first-order valence-electron chi connectivity index (χ1n) is 4.83. The van der Waals surface area contributed by atoms with Gasteiger partial charge in [0.25, 0.3) is 0 Å². The van der Waals surface area contributed by atoms with Gasteiger partial charge in [0.05, 0.1) is 6.61 Å². The van der Waals surface area contributed by atoms with Crippen LogP contribution in [0, 0.1) is 0 Å². The van der Waals surface area contributed by atoms with E-state index in [9.17, 15) is 4.79 Å². The maximum atomic E-state index is 10.9. The number of nitrogens with two attached hydrogens (primary N) is 1. The fraction of sp³-hybridized carbons (Fsp3) is 0.364. The number of carboxylic acids is 1. The first-order valence-corrected chi connectivity index (χ1v) is 4.83. The Hall–Kier alpha value is -1.75. The highest BCUT2D eigenvalue weighted by Crippen LogP contribution is 2.23. The molecule has 88 valence electrons. The molecule has 0 saturated carbocycles. The van der Waals surface area contributed by atoms with E-state index in [-0.39, 0.29) is 17.4 Å². The topological polar surface area (TPSA) is 81.8 Å². The number of methoxy groups -OCH3 is 1. The Morgan fingerprint density at radius 3 is 2.81 bits per heavy atom. The highest BCUT2D eigenvalue weighted by Gasteiger charge is 2.13. The summed E-state index contributed by atoms with van der Waals surface area (Å²) in [6.45, 7) is 2.17. The van der Waals surface area contributed by atoms with Gasteiger partial charge in [-0.1, -0.05) is 0 Å². The van der Waals surface area contributed by atoms with E-state index in [1.807, 2.05) is 0 Å². The third-order valence-electron chi connectivity index (χ3n) is 1.97. The van der Waals surface area contributed by atoms with Crippen molar-refractivity contribution in [3.05, 3.63) is 23.8 Å². The summed E-state index contributed by atoms with van der Waals surface area (Å²) in [7, 11) is 1.55. The van der Waals surface area contributed by atoms with Crippen molar-refractivity contribution < 1.29 is 19.4 Å². The van der Waals surface area contributed by atoms with Crippen molar-refractivity contribution >= 4 is 11.7 Å². The van der Waals surface area contributed by atoms with E-state index in [1.165, 1.54) is 18.2 Å². The van der Waals surface area contributed by atoms with Crippen molar-refractivity contribution in [1.29, 1.82) is 0 Å². The van der Waals surface area contributed by atoms with Crippen LogP contribution in [0.5, 0.6) is 5.75 Å². The van der Waals surface area contributed by atoms with Crippen molar-refractivity contribution in [2.24, 2.45) is 0 Å². The summed E-state index contributed by atoms with van der Waals surface area (Å²) in [4.78, 5) is 10.9. The largest absolute Gasteiger partial charge is 0.487 e. The van der Waals surface area contributed by atoms with Crippen molar-refractivity contribution in [2.45, 2.75) is 13.0 Å². The molecule has 1 unspecified atom stereocenters. The zero-order valence-electron chi connectivity index (χ0n) is 9.27. The number of hydrogen-bond donors (Lipinski definition) is 2. The van der Waals surface area contributed by atoms with Crippen LogP contribution in [0.2, 0.25) is 0 Å². The molecule has 0 radical (unpaired) electrons. The van der Waals surface area contributed by atoms with Gasteiger partial charge in [-0.15, -0.1) is 0 Å². The van der Waals surface area contributed by atoms with Crippen LogP contribution in [-0.2, 0) is 4.74 Å². The van der Waals surface area contributed by atoms with Gasteiger partial charge in [-0.2, -0.15) is 0 Å². The third-order valence-corrected chi connectivity index (χ3v) is 1.97. The molecular weight excluding hydrogens is 210 g/mol. The number of benzene rings is 1. The van der Waals surface area contributed by atoms with Gasteiger partial charge in [0, 0.05) is 18.9 Å². The predicted octanol–water partition coefficient (Wildman–Crippen LogP) is 1.38. The van der Waals surface area contributed by atoms with Gasteiger partial charge in [0.1, 0.15) is 17.4 Å². The minimum atomic E-state index is -1.04. The van der Waals surface area contributed by atoms with E-state index in [0.717, 1.165) is 0 Å². The van der Waals surface area contributed by atoms with Crippen LogP contribution in [0.15, 0.2) is 18.2 Å². The lowest BCUT2D eigenvalue weighted by Gasteiger charge is -2.15. The molecule has 0 saturated heterocycles. The number of carbonyl (C=O) groups is 1. The Morgan fingerprint density at radius 2 is 2.25 bits per heavy atom. The molecule has 3 N–H and O–H groups in total. The van der Waals surface area contributed by atoms with Crippen molar-refractivity contribution in [3.8, 4) is 5.75 Å². The van der Waals surface area contributed by atoms with Gasteiger partial charge >= 0.3 is 5.97 Å². The van der Waals surface area contributed by atoms with Gasteiger partial charge in [-0.3, -0.25) is 0 Å². The van der Waals surface area contributed by atoms with E-state index in [0.29, 0.717) is 12.3 Å². The Bertz CT molecular complexity index is 378. The molecule has 0 aromatic heterocycles. The summed E-state index contributed by atoms with van der Waals surface area (Å²) in [5.41, 5.74) is 6.13. The Kier molecular flexibility index (Phi) is 4.13. The first-order chi connectivity index (χ1) is 7.54. The molecule has 5 heteroatoms. The maximum absolute atomic E-state index is 10.9. The summed E-state index contributed by atoms with van der Waals surface area (Å²) >= 11 is 0. The lowest BCUT2D eigenvalue weighted by molar-refractivity contribution is 0.0674. The second-order valence-corrected chi connectivity index (χ2v) is 3.44. The number of aromatic carboxylic acids is 1. The minimum absolute atomic E-state index is 0.0946. The molecule has 0 aliphatic carbocycles. The van der Waals surface area contributed by atoms with Crippen LogP contribution >= 0.6 is 0 Å². The van der Waals surface area contributed by atoms with E-state index < -0.39 is 5.97 Å². The lowest BCUT2D eigenvalue weighted by Crippen LogP contribution is -2.19. The maximum Gasteiger partial charge on any atom is 0.339 e. The number of carboxylic acid groups (broad SMARTS) is 1. The van der Waals surface area contributed by atoms with Crippen LogP contribution in [0.3, 0.4) is 0 Å². The smallest absolute Gasteiger partial charge is 0.339 e. The molecule has 16 heavy (non-hydrogen) atoms. The van der Waals surface area contributed by atoms with Crippen LogP contribution in [-0.4, -0.2) is 30.9 Å². The molecule has 0 amide bonds. The summed E-state index contributed by atoms with van der Waals surface area (Å²) in [6, 6.07) is 4.44. The second-order valence-electron chi connectivity index (χ2n) is 3.44. The molecule has 1 aromatic rings. The molecule has 0 aliphatic rings. The van der Waals surface area contributed by atoms with Crippen LogP contribution < -0.4 is 10.5 Å². The molecule has 1 aromatic carbocycles. The lowest BCUT2D eigenvalue weighted by atomic mass is 10.2. The van der Waals surface area contributed by atoms with Gasteiger partial charge < -0.3 is 20.3 Å². The highest BCUT2D eigenvalue weighted by atomic mass is 16.5. The summed E-state index contributed by atoms with van der Waals surface area (Å²) in [5.74, 6) is -0.781. The van der Waals surface area contributed by atoms with Crippen molar-refractivity contribution in [3.63, 3.8) is 0 Å². The molecule has 1 atom stereocenters. The average molecular weight is 225 g/mol. The minimum Gasteiger partial charge on any atom is -0.487 e. The van der Waals surface area contributed by atoms with E-state index in [4.69, 9.17) is 20.3 Å². The van der Waals surface area contributed by atoms with Crippen molar-refractivity contribution in [1.82, 2.24) is 0 Å². The predicted molar refractivity (Wildman–Crippen MR) is 59.8 cm³/mol.